The van der Waals surface area contributed by atoms with Gasteiger partial charge in [-0.1, -0.05) is 6.07 Å². The van der Waals surface area contributed by atoms with Gasteiger partial charge in [0.05, 0.1) is 5.69 Å². The fourth-order valence-electron chi connectivity index (χ4n) is 1.64. The molecule has 0 aliphatic heterocycles. The normalized spacial score (nSPS) is 10.9. The first-order valence-electron chi connectivity index (χ1n) is 4.98. The van der Waals surface area contributed by atoms with Crippen LogP contribution in [0.5, 0.6) is 0 Å². The zero-order chi connectivity index (χ0) is 11.8. The van der Waals surface area contributed by atoms with Gasteiger partial charge in [-0.2, -0.15) is 9.61 Å². The Kier molecular flexibility index (Phi) is 2.01. The van der Waals surface area contributed by atoms with Gasteiger partial charge in [0, 0.05) is 11.8 Å². The summed E-state index contributed by atoms with van der Waals surface area (Å²) >= 11 is 0. The molecule has 5 nitrogen and oxygen atoms in total. The van der Waals surface area contributed by atoms with E-state index < -0.39 is 5.82 Å². The first kappa shape index (κ1) is 9.71. The van der Waals surface area contributed by atoms with Gasteiger partial charge in [-0.15, -0.1) is 10.2 Å². The van der Waals surface area contributed by atoms with Crippen molar-refractivity contribution in [2.45, 2.75) is 0 Å². The molecule has 1 aromatic carbocycles. The van der Waals surface area contributed by atoms with E-state index in [-0.39, 0.29) is 5.69 Å². The highest BCUT2D eigenvalue weighted by Gasteiger charge is 2.13. The van der Waals surface area contributed by atoms with Crippen LogP contribution in [0, 0.1) is 5.82 Å². The van der Waals surface area contributed by atoms with Gasteiger partial charge in [0.1, 0.15) is 5.82 Å². The lowest BCUT2D eigenvalue weighted by molar-refractivity contribution is 0.632. The van der Waals surface area contributed by atoms with Crippen molar-refractivity contribution in [2.75, 3.05) is 5.73 Å². The minimum atomic E-state index is -0.477. The Morgan fingerprint density at radius 3 is 2.88 bits per heavy atom. The van der Waals surface area contributed by atoms with Crippen molar-refractivity contribution in [1.82, 2.24) is 19.8 Å². The highest BCUT2D eigenvalue weighted by molar-refractivity contribution is 5.73. The third kappa shape index (κ3) is 1.42. The van der Waals surface area contributed by atoms with Gasteiger partial charge in [0.15, 0.2) is 11.5 Å². The summed E-state index contributed by atoms with van der Waals surface area (Å²) in [6, 6.07) is 8.08. The molecule has 0 amide bonds. The number of hydrogen-bond donors (Lipinski definition) is 1. The number of fused-ring (bicyclic) bond motifs is 1. The summed E-state index contributed by atoms with van der Waals surface area (Å²) in [5.41, 5.74) is 6.80. The Balaban J connectivity index is 2.31. The molecule has 2 heterocycles. The standard InChI is InChI=1S/C11H8FN5/c12-8-4-1-3-7(10(8)13)11-16-15-9-5-2-6-14-17(9)11/h1-6H,13H2. The number of para-hydroxylation sites is 1. The molecule has 0 aliphatic carbocycles. The van der Waals surface area contributed by atoms with Gasteiger partial charge in [-0.25, -0.2) is 4.39 Å². The zero-order valence-electron chi connectivity index (χ0n) is 8.71. The highest BCUT2D eigenvalue weighted by atomic mass is 19.1. The molecular formula is C11H8FN5. The third-order valence-corrected chi connectivity index (χ3v) is 2.47. The number of aromatic nitrogens is 4. The molecule has 0 aliphatic rings. The van der Waals surface area contributed by atoms with Gasteiger partial charge >= 0.3 is 0 Å². The van der Waals surface area contributed by atoms with Crippen LogP contribution in [0.2, 0.25) is 0 Å². The highest BCUT2D eigenvalue weighted by Crippen LogP contribution is 2.25. The maximum absolute atomic E-state index is 13.4. The number of hydrogen-bond acceptors (Lipinski definition) is 4. The van der Waals surface area contributed by atoms with Gasteiger partial charge < -0.3 is 5.73 Å². The van der Waals surface area contributed by atoms with E-state index in [0.717, 1.165) is 0 Å². The molecule has 3 rings (SSSR count). The quantitative estimate of drug-likeness (QED) is 0.642. The molecule has 0 unspecified atom stereocenters. The number of anilines is 1. The number of nitrogen functional groups attached to an aromatic ring is 1. The van der Waals surface area contributed by atoms with Crippen molar-refractivity contribution in [2.24, 2.45) is 0 Å². The maximum atomic E-state index is 13.4. The first-order valence-corrected chi connectivity index (χ1v) is 4.98. The van der Waals surface area contributed by atoms with Crippen molar-refractivity contribution in [3.05, 3.63) is 42.3 Å². The average Bonchev–Trinajstić information content (AvgIpc) is 2.77. The molecule has 3 aromatic rings. The van der Waals surface area contributed by atoms with E-state index in [1.165, 1.54) is 10.6 Å². The van der Waals surface area contributed by atoms with E-state index in [9.17, 15) is 4.39 Å². The van der Waals surface area contributed by atoms with Crippen LogP contribution in [0.3, 0.4) is 0 Å². The molecule has 2 aromatic heterocycles. The maximum Gasteiger partial charge on any atom is 0.187 e. The third-order valence-electron chi connectivity index (χ3n) is 2.47. The average molecular weight is 229 g/mol. The Bertz CT molecular complexity index is 691. The number of halogens is 1. The van der Waals surface area contributed by atoms with E-state index >= 15 is 0 Å². The van der Waals surface area contributed by atoms with E-state index in [1.54, 1.807) is 30.5 Å². The number of nitrogens with zero attached hydrogens (tertiary/aromatic N) is 4. The van der Waals surface area contributed by atoms with Crippen molar-refractivity contribution in [3.8, 4) is 11.4 Å². The molecular weight excluding hydrogens is 221 g/mol. The van der Waals surface area contributed by atoms with E-state index in [2.05, 4.69) is 15.3 Å². The monoisotopic (exact) mass is 229 g/mol. The van der Waals surface area contributed by atoms with E-state index in [4.69, 9.17) is 5.73 Å². The topological polar surface area (TPSA) is 69.1 Å². The summed E-state index contributed by atoms with van der Waals surface area (Å²) in [4.78, 5) is 0. The van der Waals surface area contributed by atoms with Crippen LogP contribution in [0.15, 0.2) is 36.5 Å². The molecule has 17 heavy (non-hydrogen) atoms. The summed E-state index contributed by atoms with van der Waals surface area (Å²) in [6.07, 6.45) is 1.61. The number of rotatable bonds is 1. The smallest absolute Gasteiger partial charge is 0.187 e. The molecule has 0 spiro atoms. The molecule has 0 fully saturated rings. The van der Waals surface area contributed by atoms with Crippen LogP contribution in [-0.4, -0.2) is 19.8 Å². The molecule has 2 N–H and O–H groups in total. The lowest BCUT2D eigenvalue weighted by atomic mass is 10.1. The molecule has 6 heteroatoms. The number of nitrogens with two attached hydrogens (primary N) is 1. The Hall–Kier alpha value is -2.50. The van der Waals surface area contributed by atoms with Crippen LogP contribution < -0.4 is 5.73 Å². The predicted octanol–water partition coefficient (Wildman–Crippen LogP) is 1.51. The summed E-state index contributed by atoms with van der Waals surface area (Å²) < 4.78 is 14.9. The van der Waals surface area contributed by atoms with Gasteiger partial charge in [-0.3, -0.25) is 0 Å². The van der Waals surface area contributed by atoms with E-state index in [0.29, 0.717) is 17.0 Å². The molecule has 84 valence electrons. The van der Waals surface area contributed by atoms with Crippen molar-refractivity contribution < 1.29 is 4.39 Å². The van der Waals surface area contributed by atoms with Crippen LogP contribution in [-0.2, 0) is 0 Å². The van der Waals surface area contributed by atoms with Crippen molar-refractivity contribution in [3.63, 3.8) is 0 Å². The molecule has 0 saturated heterocycles. The van der Waals surface area contributed by atoms with Gasteiger partial charge in [0.25, 0.3) is 0 Å². The fourth-order valence-corrected chi connectivity index (χ4v) is 1.64. The zero-order valence-corrected chi connectivity index (χ0v) is 8.71. The molecule has 0 radical (unpaired) electrons. The fraction of sp³-hybridized carbons (Fsp3) is 0. The van der Waals surface area contributed by atoms with Crippen LogP contribution in [0.25, 0.3) is 17.0 Å². The van der Waals surface area contributed by atoms with Crippen LogP contribution in [0.1, 0.15) is 0 Å². The predicted molar refractivity (Wildman–Crippen MR) is 60.6 cm³/mol. The second kappa shape index (κ2) is 3.51. The summed E-state index contributed by atoms with van der Waals surface area (Å²) in [7, 11) is 0. The minimum absolute atomic E-state index is 0.0486. The second-order valence-corrected chi connectivity index (χ2v) is 3.52. The van der Waals surface area contributed by atoms with Gasteiger partial charge in [-0.05, 0) is 24.3 Å². The molecule has 0 saturated carbocycles. The number of benzene rings is 1. The molecule has 0 atom stereocenters. The summed E-state index contributed by atoms with van der Waals surface area (Å²) in [5, 5.41) is 12.0. The summed E-state index contributed by atoms with van der Waals surface area (Å²) in [6.45, 7) is 0. The lowest BCUT2D eigenvalue weighted by Gasteiger charge is -2.03. The minimum Gasteiger partial charge on any atom is -0.396 e. The van der Waals surface area contributed by atoms with Gasteiger partial charge in [0.2, 0.25) is 0 Å². The van der Waals surface area contributed by atoms with Crippen molar-refractivity contribution >= 4 is 11.3 Å². The second-order valence-electron chi connectivity index (χ2n) is 3.52. The van der Waals surface area contributed by atoms with E-state index in [1.807, 2.05) is 0 Å². The molecule has 0 bridgehead atoms. The summed E-state index contributed by atoms with van der Waals surface area (Å²) in [5.74, 6) is -0.0484. The lowest BCUT2D eigenvalue weighted by Crippen LogP contribution is -1.99. The SMILES string of the molecule is Nc1c(F)cccc1-c1nnc2cccnn12. The van der Waals surface area contributed by atoms with Crippen LogP contribution >= 0.6 is 0 Å². The van der Waals surface area contributed by atoms with Crippen LogP contribution in [0.4, 0.5) is 10.1 Å². The Morgan fingerprint density at radius 1 is 1.12 bits per heavy atom. The Labute approximate surface area is 95.7 Å². The van der Waals surface area contributed by atoms with Crippen molar-refractivity contribution in [1.29, 1.82) is 0 Å². The Morgan fingerprint density at radius 2 is 2.00 bits per heavy atom. The largest absolute Gasteiger partial charge is 0.396 e. The first-order chi connectivity index (χ1) is 8.27.